The van der Waals surface area contributed by atoms with Crippen molar-refractivity contribution in [3.05, 3.63) is 11.8 Å². The Morgan fingerprint density at radius 3 is 2.81 bits per heavy atom. The fourth-order valence-corrected chi connectivity index (χ4v) is 2.52. The van der Waals surface area contributed by atoms with Crippen molar-refractivity contribution in [1.29, 1.82) is 0 Å². The van der Waals surface area contributed by atoms with Crippen LogP contribution >= 0.6 is 0 Å². The number of likely N-dealkylation sites (N-methyl/N-ethyl adjacent to an activating group) is 1. The molecule has 0 aromatic rings. The number of hydrogen-bond acceptors (Lipinski definition) is 5. The Morgan fingerprint density at radius 1 is 1.50 bits per heavy atom. The van der Waals surface area contributed by atoms with Crippen molar-refractivity contribution in [2.45, 2.75) is 31.7 Å². The highest BCUT2D eigenvalue weighted by atomic mass is 16.5. The van der Waals surface area contributed by atoms with E-state index in [9.17, 15) is 0 Å². The topological polar surface area (TPSA) is 76.9 Å². The molecule has 1 unspecified atom stereocenters. The van der Waals surface area contributed by atoms with Crippen molar-refractivity contribution >= 4 is 5.84 Å². The van der Waals surface area contributed by atoms with Gasteiger partial charge in [-0.3, -0.25) is 0 Å². The van der Waals surface area contributed by atoms with Crippen molar-refractivity contribution in [3.8, 4) is 0 Å². The summed E-state index contributed by atoms with van der Waals surface area (Å²) >= 11 is 0. The molecule has 2 aliphatic rings. The molecule has 1 saturated heterocycles. The molecule has 0 bridgehead atoms. The number of nitrogens with two attached hydrogens (primary N) is 2. The Labute approximate surface area is 96.1 Å². The molecule has 2 aliphatic heterocycles. The highest BCUT2D eigenvalue weighted by Gasteiger charge is 2.39. The van der Waals surface area contributed by atoms with E-state index in [4.69, 9.17) is 16.2 Å². The van der Waals surface area contributed by atoms with Crippen LogP contribution in [0.5, 0.6) is 0 Å². The summed E-state index contributed by atoms with van der Waals surface area (Å²) in [6, 6.07) is -0.248. The highest BCUT2D eigenvalue weighted by Crippen LogP contribution is 2.30. The molecule has 90 valence electrons. The van der Waals surface area contributed by atoms with Crippen molar-refractivity contribution in [3.63, 3.8) is 0 Å². The van der Waals surface area contributed by atoms with E-state index in [1.54, 1.807) is 7.11 Å². The average Bonchev–Trinajstić information content (AvgIpc) is 2.57. The molecule has 16 heavy (non-hydrogen) atoms. The first kappa shape index (κ1) is 11.6. The van der Waals surface area contributed by atoms with Gasteiger partial charge in [0.25, 0.3) is 0 Å². The molecule has 0 aromatic heterocycles. The number of hydrogen-bond donors (Lipinski definition) is 2. The van der Waals surface area contributed by atoms with E-state index in [0.717, 1.165) is 12.3 Å². The van der Waals surface area contributed by atoms with E-state index in [2.05, 4.69) is 11.9 Å². The predicted molar refractivity (Wildman–Crippen MR) is 63.8 cm³/mol. The summed E-state index contributed by atoms with van der Waals surface area (Å²) in [4.78, 5) is 6.45. The normalized spacial score (nSPS) is 38.9. The Balaban J connectivity index is 2.31. The second-order valence-corrected chi connectivity index (χ2v) is 4.63. The number of ether oxygens (including phenoxy) is 1. The zero-order valence-electron chi connectivity index (χ0n) is 10.1. The van der Waals surface area contributed by atoms with Gasteiger partial charge in [0.2, 0.25) is 0 Å². The van der Waals surface area contributed by atoms with Crippen LogP contribution in [-0.2, 0) is 4.74 Å². The number of amidine groups is 1. The Morgan fingerprint density at radius 2 is 2.19 bits per heavy atom. The minimum Gasteiger partial charge on any atom is -0.360 e. The minimum absolute atomic E-state index is 0.0634. The predicted octanol–water partition coefficient (Wildman–Crippen LogP) is -0.119. The molecule has 4 N–H and O–H groups in total. The number of fused-ring (bicyclic) bond motifs is 1. The second kappa shape index (κ2) is 4.16. The average molecular weight is 224 g/mol. The van der Waals surface area contributed by atoms with E-state index in [0.29, 0.717) is 5.92 Å². The lowest BCUT2D eigenvalue weighted by Crippen LogP contribution is -2.54. The lowest BCUT2D eigenvalue weighted by molar-refractivity contribution is -0.00218. The maximum Gasteiger partial charge on any atom is 0.147 e. The highest BCUT2D eigenvalue weighted by molar-refractivity contribution is 5.90. The van der Waals surface area contributed by atoms with Gasteiger partial charge in [0.15, 0.2) is 0 Å². The molecule has 2 rings (SSSR count). The van der Waals surface area contributed by atoms with Crippen LogP contribution in [0, 0.1) is 5.92 Å². The van der Waals surface area contributed by atoms with Gasteiger partial charge in [-0.1, -0.05) is 0 Å². The molecule has 0 radical (unpaired) electrons. The summed E-state index contributed by atoms with van der Waals surface area (Å²) in [7, 11) is 3.62. The molecule has 0 aliphatic carbocycles. The third-order valence-corrected chi connectivity index (χ3v) is 3.58. The second-order valence-electron chi connectivity index (χ2n) is 4.63. The smallest absolute Gasteiger partial charge is 0.147 e. The van der Waals surface area contributed by atoms with Crippen LogP contribution in [0.3, 0.4) is 0 Å². The van der Waals surface area contributed by atoms with E-state index in [1.807, 2.05) is 18.1 Å². The minimum atomic E-state index is -0.196. The summed E-state index contributed by atoms with van der Waals surface area (Å²) in [6.07, 6.45) is 2.55. The molecular formula is C11H20N4O. The zero-order chi connectivity index (χ0) is 11.9. The van der Waals surface area contributed by atoms with Gasteiger partial charge in [0.1, 0.15) is 12.1 Å². The van der Waals surface area contributed by atoms with E-state index >= 15 is 0 Å². The van der Waals surface area contributed by atoms with Gasteiger partial charge in [-0.05, 0) is 18.9 Å². The maximum atomic E-state index is 6.11. The largest absolute Gasteiger partial charge is 0.360 e. The van der Waals surface area contributed by atoms with E-state index in [-0.39, 0.29) is 18.3 Å². The summed E-state index contributed by atoms with van der Waals surface area (Å²) in [5, 5.41) is 0. The van der Waals surface area contributed by atoms with Crippen LogP contribution in [0.15, 0.2) is 16.8 Å². The van der Waals surface area contributed by atoms with Gasteiger partial charge in [-0.2, -0.15) is 0 Å². The third-order valence-electron chi connectivity index (χ3n) is 3.58. The molecule has 5 nitrogen and oxygen atoms in total. The number of methoxy groups -OCH3 is 1. The van der Waals surface area contributed by atoms with Crippen molar-refractivity contribution in [2.24, 2.45) is 22.4 Å². The molecule has 0 spiro atoms. The Kier molecular flexibility index (Phi) is 3.01. The van der Waals surface area contributed by atoms with E-state index < -0.39 is 0 Å². The number of rotatable bonds is 1. The summed E-state index contributed by atoms with van der Waals surface area (Å²) < 4.78 is 5.43. The van der Waals surface area contributed by atoms with Gasteiger partial charge in [-0.25, -0.2) is 4.99 Å². The summed E-state index contributed by atoms with van der Waals surface area (Å²) in [6.45, 7) is 2.08. The molecule has 2 heterocycles. The van der Waals surface area contributed by atoms with Crippen LogP contribution in [0.4, 0.5) is 0 Å². The quantitative estimate of drug-likeness (QED) is 0.651. The summed E-state index contributed by atoms with van der Waals surface area (Å²) in [5.74, 6) is 1.32. The van der Waals surface area contributed by atoms with Gasteiger partial charge in [0, 0.05) is 32.3 Å². The fraction of sp³-hybridized carbons (Fsp3) is 0.727. The molecule has 5 heteroatoms. The van der Waals surface area contributed by atoms with Crippen LogP contribution in [0.1, 0.15) is 13.3 Å². The lowest BCUT2D eigenvalue weighted by atomic mass is 9.93. The molecule has 0 saturated carbocycles. The van der Waals surface area contributed by atoms with Crippen molar-refractivity contribution in [1.82, 2.24) is 4.90 Å². The lowest BCUT2D eigenvalue weighted by Gasteiger charge is -2.32. The van der Waals surface area contributed by atoms with Crippen LogP contribution in [-0.4, -0.2) is 43.2 Å². The number of aliphatic imine (C=N–C) groups is 1. The van der Waals surface area contributed by atoms with Gasteiger partial charge >= 0.3 is 0 Å². The first-order valence-electron chi connectivity index (χ1n) is 5.57. The van der Waals surface area contributed by atoms with Crippen LogP contribution < -0.4 is 11.5 Å². The van der Waals surface area contributed by atoms with Crippen molar-refractivity contribution < 1.29 is 4.74 Å². The SMILES string of the molecule is CO[C@H]1[C@@H](N)[C@@H](N)CC2C(C)=CN=C2N1C. The first-order valence-corrected chi connectivity index (χ1v) is 5.57. The van der Waals surface area contributed by atoms with E-state index in [1.165, 1.54) is 5.57 Å². The van der Waals surface area contributed by atoms with Crippen molar-refractivity contribution in [2.75, 3.05) is 14.2 Å². The Hall–Kier alpha value is -0.910. The standard InChI is InChI=1S/C11H20N4O/c1-6-5-14-10-7(6)4-8(12)9(13)11(16-3)15(10)2/h5,7-9,11H,4,12-13H2,1-3H3/t7?,8-,9-,11-/m0/s1. The maximum absolute atomic E-state index is 6.11. The van der Waals surface area contributed by atoms with Gasteiger partial charge in [-0.15, -0.1) is 0 Å². The number of nitrogens with zero attached hydrogens (tertiary/aromatic N) is 2. The van der Waals surface area contributed by atoms with Gasteiger partial charge < -0.3 is 21.1 Å². The molecular weight excluding hydrogens is 204 g/mol. The monoisotopic (exact) mass is 224 g/mol. The Bertz CT molecular complexity index is 339. The number of likely N-dealkylation sites (tertiary alicyclic amines) is 1. The first-order chi connectivity index (χ1) is 7.56. The van der Waals surface area contributed by atoms with Crippen LogP contribution in [0.25, 0.3) is 0 Å². The van der Waals surface area contributed by atoms with Crippen LogP contribution in [0.2, 0.25) is 0 Å². The van der Waals surface area contributed by atoms with Gasteiger partial charge in [0.05, 0.1) is 6.04 Å². The molecule has 1 fully saturated rings. The zero-order valence-corrected chi connectivity index (χ0v) is 10.1. The molecule has 0 amide bonds. The third kappa shape index (κ3) is 1.65. The summed E-state index contributed by atoms with van der Waals surface area (Å²) in [5.41, 5.74) is 13.5. The molecule has 0 aromatic carbocycles. The molecule has 4 atom stereocenters. The fourth-order valence-electron chi connectivity index (χ4n) is 2.52.